The highest BCUT2D eigenvalue weighted by Gasteiger charge is 2.19. The lowest BCUT2D eigenvalue weighted by Gasteiger charge is -2.21. The summed E-state index contributed by atoms with van der Waals surface area (Å²) in [4.78, 5) is 14.2. The molecule has 0 saturated carbocycles. The SMILES string of the molecule is CC(C)CC(CN)C(=O)Nc1ccccc1N(C)C. The van der Waals surface area contributed by atoms with Crippen molar-refractivity contribution in [2.24, 2.45) is 17.6 Å². The van der Waals surface area contributed by atoms with Gasteiger partial charge in [-0.2, -0.15) is 0 Å². The average Bonchev–Trinajstić information content (AvgIpc) is 2.35. The lowest BCUT2D eigenvalue weighted by atomic mass is 9.96. The van der Waals surface area contributed by atoms with E-state index in [-0.39, 0.29) is 11.8 Å². The monoisotopic (exact) mass is 263 g/mol. The van der Waals surface area contributed by atoms with Crippen molar-refractivity contribution < 1.29 is 4.79 Å². The van der Waals surface area contributed by atoms with Crippen molar-refractivity contribution in [2.45, 2.75) is 20.3 Å². The Morgan fingerprint density at radius 1 is 1.32 bits per heavy atom. The molecule has 106 valence electrons. The van der Waals surface area contributed by atoms with Crippen LogP contribution in [0.1, 0.15) is 20.3 Å². The fraction of sp³-hybridized carbons (Fsp3) is 0.533. The maximum Gasteiger partial charge on any atom is 0.228 e. The lowest BCUT2D eigenvalue weighted by molar-refractivity contribution is -0.120. The molecule has 0 aliphatic heterocycles. The van der Waals surface area contributed by atoms with E-state index in [1.165, 1.54) is 0 Å². The molecule has 1 rings (SSSR count). The molecule has 0 radical (unpaired) electrons. The first-order valence-electron chi connectivity index (χ1n) is 6.73. The Morgan fingerprint density at radius 3 is 2.47 bits per heavy atom. The van der Waals surface area contributed by atoms with Gasteiger partial charge in [0.25, 0.3) is 0 Å². The van der Waals surface area contributed by atoms with Crippen LogP contribution in [0.25, 0.3) is 0 Å². The van der Waals surface area contributed by atoms with Gasteiger partial charge in [0.15, 0.2) is 0 Å². The van der Waals surface area contributed by atoms with E-state index in [1.807, 2.05) is 43.3 Å². The van der Waals surface area contributed by atoms with Gasteiger partial charge in [-0.1, -0.05) is 26.0 Å². The van der Waals surface area contributed by atoms with E-state index in [0.717, 1.165) is 17.8 Å². The van der Waals surface area contributed by atoms with E-state index in [4.69, 9.17) is 5.73 Å². The highest BCUT2D eigenvalue weighted by molar-refractivity contribution is 5.95. The van der Waals surface area contributed by atoms with Gasteiger partial charge < -0.3 is 16.0 Å². The summed E-state index contributed by atoms with van der Waals surface area (Å²) in [6.45, 7) is 4.58. The normalized spacial score (nSPS) is 12.3. The maximum absolute atomic E-state index is 12.2. The van der Waals surface area contributed by atoms with Crippen molar-refractivity contribution in [2.75, 3.05) is 30.9 Å². The molecule has 1 amide bonds. The molecule has 1 aromatic rings. The number of nitrogens with one attached hydrogen (secondary N) is 1. The Morgan fingerprint density at radius 2 is 1.95 bits per heavy atom. The van der Waals surface area contributed by atoms with Crippen LogP contribution in [0.2, 0.25) is 0 Å². The topological polar surface area (TPSA) is 58.4 Å². The van der Waals surface area contributed by atoms with Crippen LogP contribution in [0, 0.1) is 11.8 Å². The van der Waals surface area contributed by atoms with Crippen LogP contribution in [-0.4, -0.2) is 26.5 Å². The molecular formula is C15H25N3O. The predicted octanol–water partition coefficient (Wildman–Crippen LogP) is 2.31. The van der Waals surface area contributed by atoms with Gasteiger partial charge in [0.2, 0.25) is 5.91 Å². The number of nitrogens with two attached hydrogens (primary N) is 1. The number of hydrogen-bond acceptors (Lipinski definition) is 3. The van der Waals surface area contributed by atoms with Gasteiger partial charge in [-0.3, -0.25) is 4.79 Å². The highest BCUT2D eigenvalue weighted by atomic mass is 16.1. The van der Waals surface area contributed by atoms with E-state index < -0.39 is 0 Å². The fourth-order valence-electron chi connectivity index (χ4n) is 2.08. The van der Waals surface area contributed by atoms with Gasteiger partial charge in [-0.15, -0.1) is 0 Å². The molecule has 1 atom stereocenters. The Balaban J connectivity index is 2.81. The van der Waals surface area contributed by atoms with E-state index in [0.29, 0.717) is 12.5 Å². The second-order valence-electron chi connectivity index (χ2n) is 5.46. The van der Waals surface area contributed by atoms with Crippen molar-refractivity contribution in [1.29, 1.82) is 0 Å². The molecule has 0 fully saturated rings. The zero-order chi connectivity index (χ0) is 14.4. The van der Waals surface area contributed by atoms with Gasteiger partial charge >= 0.3 is 0 Å². The van der Waals surface area contributed by atoms with Gasteiger partial charge in [-0.25, -0.2) is 0 Å². The first-order valence-corrected chi connectivity index (χ1v) is 6.73. The summed E-state index contributed by atoms with van der Waals surface area (Å²) < 4.78 is 0. The molecule has 4 heteroatoms. The number of hydrogen-bond donors (Lipinski definition) is 2. The average molecular weight is 263 g/mol. The highest BCUT2D eigenvalue weighted by Crippen LogP contribution is 2.24. The summed E-state index contributed by atoms with van der Waals surface area (Å²) in [5, 5.41) is 2.99. The van der Waals surface area contributed by atoms with E-state index >= 15 is 0 Å². The predicted molar refractivity (Wildman–Crippen MR) is 81.4 cm³/mol. The summed E-state index contributed by atoms with van der Waals surface area (Å²) >= 11 is 0. The summed E-state index contributed by atoms with van der Waals surface area (Å²) in [6, 6.07) is 7.77. The molecule has 3 N–H and O–H groups in total. The van der Waals surface area contributed by atoms with Crippen molar-refractivity contribution in [3.05, 3.63) is 24.3 Å². The van der Waals surface area contributed by atoms with Crippen LogP contribution in [0.5, 0.6) is 0 Å². The van der Waals surface area contributed by atoms with Crippen LogP contribution >= 0.6 is 0 Å². The molecular weight excluding hydrogens is 238 g/mol. The molecule has 0 aromatic heterocycles. The number of benzene rings is 1. The summed E-state index contributed by atoms with van der Waals surface area (Å²) in [6.07, 6.45) is 0.812. The first-order chi connectivity index (χ1) is 8.95. The lowest BCUT2D eigenvalue weighted by Crippen LogP contribution is -2.30. The minimum atomic E-state index is -0.129. The van der Waals surface area contributed by atoms with Crippen molar-refractivity contribution >= 4 is 17.3 Å². The number of para-hydroxylation sites is 2. The number of carbonyl (C=O) groups excluding carboxylic acids is 1. The second-order valence-corrected chi connectivity index (χ2v) is 5.46. The van der Waals surface area contributed by atoms with Crippen LogP contribution < -0.4 is 16.0 Å². The third kappa shape index (κ3) is 4.56. The third-order valence-corrected chi connectivity index (χ3v) is 3.05. The molecule has 0 aliphatic rings. The third-order valence-electron chi connectivity index (χ3n) is 3.05. The molecule has 1 aromatic carbocycles. The Hall–Kier alpha value is -1.55. The van der Waals surface area contributed by atoms with Gasteiger partial charge in [0.1, 0.15) is 0 Å². The van der Waals surface area contributed by atoms with Gasteiger partial charge in [-0.05, 0) is 24.5 Å². The number of nitrogens with zero attached hydrogens (tertiary/aromatic N) is 1. The minimum absolute atomic E-state index is 0.00509. The fourth-order valence-corrected chi connectivity index (χ4v) is 2.08. The minimum Gasteiger partial charge on any atom is -0.376 e. The van der Waals surface area contributed by atoms with Crippen molar-refractivity contribution in [1.82, 2.24) is 0 Å². The molecule has 1 unspecified atom stereocenters. The number of carbonyl (C=O) groups is 1. The molecule has 0 spiro atoms. The van der Waals surface area contributed by atoms with Gasteiger partial charge in [0, 0.05) is 20.6 Å². The van der Waals surface area contributed by atoms with Crippen molar-refractivity contribution in [3.63, 3.8) is 0 Å². The number of anilines is 2. The molecule has 19 heavy (non-hydrogen) atoms. The maximum atomic E-state index is 12.2. The van der Waals surface area contributed by atoms with Crippen LogP contribution in [0.3, 0.4) is 0 Å². The number of amides is 1. The molecule has 0 heterocycles. The zero-order valence-corrected chi connectivity index (χ0v) is 12.3. The first kappa shape index (κ1) is 15.5. The van der Waals surface area contributed by atoms with Gasteiger partial charge in [0.05, 0.1) is 17.3 Å². The molecule has 0 aliphatic carbocycles. The van der Waals surface area contributed by atoms with Crippen LogP contribution in [0.4, 0.5) is 11.4 Å². The zero-order valence-electron chi connectivity index (χ0n) is 12.3. The molecule has 0 bridgehead atoms. The Kier molecular flexibility index (Phi) is 5.83. The number of rotatable bonds is 6. The molecule has 4 nitrogen and oxygen atoms in total. The van der Waals surface area contributed by atoms with Crippen molar-refractivity contribution in [3.8, 4) is 0 Å². The van der Waals surface area contributed by atoms with Crippen LogP contribution in [-0.2, 0) is 4.79 Å². The van der Waals surface area contributed by atoms with Crippen LogP contribution in [0.15, 0.2) is 24.3 Å². The smallest absolute Gasteiger partial charge is 0.228 e. The van der Waals surface area contributed by atoms with E-state index in [9.17, 15) is 4.79 Å². The summed E-state index contributed by atoms with van der Waals surface area (Å²) in [5.41, 5.74) is 7.53. The summed E-state index contributed by atoms with van der Waals surface area (Å²) in [5.74, 6) is 0.337. The second kappa shape index (κ2) is 7.14. The Labute approximate surface area is 116 Å². The van der Waals surface area contributed by atoms with E-state index in [1.54, 1.807) is 0 Å². The Bertz CT molecular complexity index is 416. The largest absolute Gasteiger partial charge is 0.376 e. The van der Waals surface area contributed by atoms with E-state index in [2.05, 4.69) is 19.2 Å². The summed E-state index contributed by atoms with van der Waals surface area (Å²) in [7, 11) is 3.92. The quantitative estimate of drug-likeness (QED) is 0.828. The standard InChI is InChI=1S/C15H25N3O/c1-11(2)9-12(10-16)15(19)17-13-7-5-6-8-14(13)18(3)4/h5-8,11-12H,9-10,16H2,1-4H3,(H,17,19). The molecule has 0 saturated heterocycles.